The Bertz CT molecular complexity index is 1830. The van der Waals surface area contributed by atoms with Crippen LogP contribution in [0.2, 0.25) is 0 Å². The van der Waals surface area contributed by atoms with E-state index in [-0.39, 0.29) is 5.96 Å². The van der Waals surface area contributed by atoms with Gasteiger partial charge in [-0.05, 0) is 71.1 Å². The van der Waals surface area contributed by atoms with Crippen LogP contribution >= 0.6 is 0 Å². The highest BCUT2D eigenvalue weighted by Crippen LogP contribution is 2.47. The number of rotatable bonds is 8. The number of hydrogen-bond acceptors (Lipinski definition) is 6. The largest absolute Gasteiger partial charge is 0.467 e. The van der Waals surface area contributed by atoms with Crippen molar-refractivity contribution in [3.05, 3.63) is 130 Å². The molecule has 10 heteroatoms. The smallest absolute Gasteiger partial charge is 0.410 e. The third-order valence-electron chi connectivity index (χ3n) is 8.02. The summed E-state index contributed by atoms with van der Waals surface area (Å²) < 4.78 is 10.3. The SMILES string of the molecule is COC(=O)[C@@H](NC(=O)c1ccc(C#Cc2ccc(CN=C(N)N)cc2)cc1)[C@@H](C)N(C(=O)OC)C1c2ccccc2-c2ccccc21. The third-order valence-corrected chi connectivity index (χ3v) is 8.02. The zero-order chi connectivity index (χ0) is 33.5. The maximum absolute atomic E-state index is 13.5. The number of aliphatic imine (C=N–C) groups is 1. The summed E-state index contributed by atoms with van der Waals surface area (Å²) in [6.45, 7) is 2.08. The van der Waals surface area contributed by atoms with E-state index in [0.717, 1.165) is 33.4 Å². The number of guanidine groups is 1. The van der Waals surface area contributed by atoms with Crippen molar-refractivity contribution in [1.82, 2.24) is 10.2 Å². The Labute approximate surface area is 273 Å². The van der Waals surface area contributed by atoms with Gasteiger partial charge in [0.2, 0.25) is 0 Å². The Morgan fingerprint density at radius 1 is 0.809 bits per heavy atom. The van der Waals surface area contributed by atoms with Crippen LogP contribution in [-0.4, -0.2) is 55.1 Å². The second-order valence-electron chi connectivity index (χ2n) is 10.9. The number of ether oxygens (including phenoxy) is 2. The molecule has 0 saturated carbocycles. The van der Waals surface area contributed by atoms with Crippen LogP contribution in [0.15, 0.2) is 102 Å². The number of esters is 1. The van der Waals surface area contributed by atoms with Crippen molar-refractivity contribution in [1.29, 1.82) is 0 Å². The van der Waals surface area contributed by atoms with Crippen LogP contribution in [-0.2, 0) is 20.8 Å². The Hall–Kier alpha value is -6.08. The van der Waals surface area contributed by atoms with Gasteiger partial charge in [0.15, 0.2) is 5.96 Å². The molecule has 5 rings (SSSR count). The molecule has 0 aliphatic heterocycles. The van der Waals surface area contributed by atoms with Crippen LogP contribution in [0, 0.1) is 11.8 Å². The van der Waals surface area contributed by atoms with Gasteiger partial charge in [0.05, 0.1) is 32.8 Å². The highest BCUT2D eigenvalue weighted by Gasteiger charge is 2.43. The maximum Gasteiger partial charge on any atom is 0.410 e. The Kier molecular flexibility index (Phi) is 9.87. The molecule has 0 bridgehead atoms. The van der Waals surface area contributed by atoms with Crippen LogP contribution in [0.3, 0.4) is 0 Å². The van der Waals surface area contributed by atoms with Gasteiger partial charge >= 0.3 is 12.1 Å². The molecular formula is C37H35N5O5. The van der Waals surface area contributed by atoms with E-state index >= 15 is 0 Å². The fourth-order valence-corrected chi connectivity index (χ4v) is 5.65. The topological polar surface area (TPSA) is 149 Å². The van der Waals surface area contributed by atoms with Crippen molar-refractivity contribution in [2.45, 2.75) is 31.6 Å². The Morgan fingerprint density at radius 3 is 1.85 bits per heavy atom. The minimum atomic E-state index is -1.21. The lowest BCUT2D eigenvalue weighted by molar-refractivity contribution is -0.144. The summed E-state index contributed by atoms with van der Waals surface area (Å²) in [5, 5.41) is 2.79. The molecule has 0 radical (unpaired) electrons. The molecule has 1 aliphatic rings. The summed E-state index contributed by atoms with van der Waals surface area (Å²) in [7, 11) is 2.52. The number of hydrogen-bond donors (Lipinski definition) is 3. The van der Waals surface area contributed by atoms with E-state index in [2.05, 4.69) is 22.2 Å². The average molecular weight is 630 g/mol. The van der Waals surface area contributed by atoms with E-state index in [4.69, 9.17) is 20.9 Å². The summed E-state index contributed by atoms with van der Waals surface area (Å²) in [6, 6.07) is 27.2. The number of amides is 2. The van der Waals surface area contributed by atoms with E-state index in [0.29, 0.717) is 17.7 Å². The first-order valence-corrected chi connectivity index (χ1v) is 14.9. The molecule has 4 aromatic carbocycles. The zero-order valence-corrected chi connectivity index (χ0v) is 26.3. The van der Waals surface area contributed by atoms with Crippen molar-refractivity contribution in [3.63, 3.8) is 0 Å². The minimum Gasteiger partial charge on any atom is -0.467 e. The summed E-state index contributed by atoms with van der Waals surface area (Å²) in [5.74, 6) is 4.99. The Balaban J connectivity index is 1.36. The number of benzene rings is 4. The van der Waals surface area contributed by atoms with Crippen LogP contribution in [0.5, 0.6) is 0 Å². The average Bonchev–Trinajstić information content (AvgIpc) is 3.43. The molecular weight excluding hydrogens is 594 g/mol. The number of nitrogens with one attached hydrogen (secondary N) is 1. The fourth-order valence-electron chi connectivity index (χ4n) is 5.65. The quantitative estimate of drug-likeness (QED) is 0.114. The minimum absolute atomic E-state index is 0.0332. The van der Waals surface area contributed by atoms with Gasteiger partial charge in [-0.2, -0.15) is 0 Å². The van der Waals surface area contributed by atoms with Gasteiger partial charge in [0, 0.05) is 16.7 Å². The van der Waals surface area contributed by atoms with Crippen LogP contribution < -0.4 is 16.8 Å². The molecule has 0 unspecified atom stereocenters. The molecule has 238 valence electrons. The summed E-state index contributed by atoms with van der Waals surface area (Å²) in [6.07, 6.45) is -0.650. The van der Waals surface area contributed by atoms with Crippen molar-refractivity contribution < 1.29 is 23.9 Å². The van der Waals surface area contributed by atoms with Crippen molar-refractivity contribution in [3.8, 4) is 23.0 Å². The highest BCUT2D eigenvalue weighted by molar-refractivity contribution is 5.97. The number of carbonyl (C=O) groups is 3. The second-order valence-corrected chi connectivity index (χ2v) is 10.9. The fraction of sp³-hybridized carbons (Fsp3) is 0.189. The van der Waals surface area contributed by atoms with E-state index < -0.39 is 36.1 Å². The highest BCUT2D eigenvalue weighted by atomic mass is 16.5. The van der Waals surface area contributed by atoms with Crippen molar-refractivity contribution in [2.75, 3.05) is 14.2 Å². The third kappa shape index (κ3) is 7.10. The Morgan fingerprint density at radius 2 is 1.34 bits per heavy atom. The number of carbonyl (C=O) groups excluding carboxylic acids is 3. The number of fused-ring (bicyclic) bond motifs is 3. The lowest BCUT2D eigenvalue weighted by Gasteiger charge is -2.37. The molecule has 2 amide bonds. The molecule has 4 aromatic rings. The predicted molar refractivity (Wildman–Crippen MR) is 179 cm³/mol. The van der Waals surface area contributed by atoms with E-state index in [9.17, 15) is 14.4 Å². The molecule has 0 fully saturated rings. The van der Waals surface area contributed by atoms with Gasteiger partial charge in [0.1, 0.15) is 6.04 Å². The first-order chi connectivity index (χ1) is 22.7. The lowest BCUT2D eigenvalue weighted by atomic mass is 9.99. The second kappa shape index (κ2) is 14.3. The molecule has 5 N–H and O–H groups in total. The number of nitrogens with zero attached hydrogens (tertiary/aromatic N) is 2. The van der Waals surface area contributed by atoms with Crippen molar-refractivity contribution in [2.24, 2.45) is 16.5 Å². The number of nitrogens with two attached hydrogens (primary N) is 2. The maximum atomic E-state index is 13.5. The first kappa shape index (κ1) is 32.3. The molecule has 47 heavy (non-hydrogen) atoms. The van der Waals surface area contributed by atoms with Gasteiger partial charge in [-0.3, -0.25) is 9.69 Å². The van der Waals surface area contributed by atoms with Gasteiger partial charge in [-0.15, -0.1) is 0 Å². The van der Waals surface area contributed by atoms with E-state index in [1.807, 2.05) is 72.8 Å². The standard InChI is InChI=1S/C37H35N5O5/c1-23(42(37(45)47-3)33-30-10-6-4-8-28(30)29-9-5-7-11-31(29)33)32(35(44)46-2)41-34(43)27-20-18-25(19-21-27)13-12-24-14-16-26(17-15-24)22-40-36(38)39/h4-11,14-21,23,32-33H,22H2,1-3H3,(H,41,43)(H4,38,39,40)/t23-,32+/m1/s1. The van der Waals surface area contributed by atoms with Gasteiger partial charge in [-0.1, -0.05) is 72.5 Å². The predicted octanol–water partition coefficient (Wildman–Crippen LogP) is 4.36. The van der Waals surface area contributed by atoms with E-state index in [1.54, 1.807) is 31.2 Å². The molecule has 2 atom stereocenters. The molecule has 0 aromatic heterocycles. The number of methoxy groups -OCH3 is 2. The van der Waals surface area contributed by atoms with Crippen LogP contribution in [0.25, 0.3) is 11.1 Å². The van der Waals surface area contributed by atoms with Crippen molar-refractivity contribution >= 4 is 23.9 Å². The van der Waals surface area contributed by atoms with Gasteiger partial charge in [-0.25, -0.2) is 14.6 Å². The molecule has 10 nitrogen and oxygen atoms in total. The normalized spacial score (nSPS) is 12.7. The van der Waals surface area contributed by atoms with Gasteiger partial charge in [0.25, 0.3) is 5.91 Å². The van der Waals surface area contributed by atoms with Gasteiger partial charge < -0.3 is 26.3 Å². The lowest BCUT2D eigenvalue weighted by Crippen LogP contribution is -2.57. The van der Waals surface area contributed by atoms with E-state index in [1.165, 1.54) is 19.1 Å². The molecule has 0 spiro atoms. The first-order valence-electron chi connectivity index (χ1n) is 14.9. The van der Waals surface area contributed by atoms with Crippen LogP contribution in [0.4, 0.5) is 4.79 Å². The summed E-state index contributed by atoms with van der Waals surface area (Å²) >= 11 is 0. The van der Waals surface area contributed by atoms with Crippen LogP contribution in [0.1, 0.15) is 51.1 Å². The zero-order valence-electron chi connectivity index (χ0n) is 26.3. The molecule has 1 aliphatic carbocycles. The molecule has 0 saturated heterocycles. The summed E-state index contributed by atoms with van der Waals surface area (Å²) in [5.41, 5.74) is 17.3. The summed E-state index contributed by atoms with van der Waals surface area (Å²) in [4.78, 5) is 45.5. The molecule has 0 heterocycles. The monoisotopic (exact) mass is 629 g/mol.